The average Bonchev–Trinajstić information content (AvgIpc) is 2.47. The van der Waals surface area contributed by atoms with Crippen molar-refractivity contribution in [1.29, 1.82) is 0 Å². The van der Waals surface area contributed by atoms with E-state index in [1.807, 2.05) is 0 Å². The normalized spacial score (nSPS) is 34.4. The lowest BCUT2D eigenvalue weighted by molar-refractivity contribution is -0.258. The van der Waals surface area contributed by atoms with Crippen LogP contribution >= 0.6 is 0 Å². The van der Waals surface area contributed by atoms with Crippen LogP contribution in [0.3, 0.4) is 0 Å². The number of carbonyl (C=O) groups is 2. The van der Waals surface area contributed by atoms with Crippen molar-refractivity contribution >= 4 is 21.9 Å². The Balaban J connectivity index is 1.83. The first-order valence-corrected chi connectivity index (χ1v) is 9.72. The first-order valence-electron chi connectivity index (χ1n) is 8.31. The first kappa shape index (κ1) is 20.4. The number of halogens is 5. The molecule has 0 heterocycles. The van der Waals surface area contributed by atoms with E-state index in [9.17, 15) is 44.5 Å². The number of rotatable bonds is 5. The summed E-state index contributed by atoms with van der Waals surface area (Å²) in [6, 6.07) is 0. The molecule has 0 spiro atoms. The fourth-order valence-corrected chi connectivity index (χ4v) is 5.67. The molecule has 1 atom stereocenters. The van der Waals surface area contributed by atoms with Crippen molar-refractivity contribution in [3.8, 4) is 0 Å². The van der Waals surface area contributed by atoms with E-state index in [0.29, 0.717) is 0 Å². The zero-order chi connectivity index (χ0) is 20.4. The molecule has 0 aromatic carbocycles. The molecule has 4 fully saturated rings. The number of alkyl halides is 5. The van der Waals surface area contributed by atoms with Crippen LogP contribution in [-0.4, -0.2) is 42.3 Å². The van der Waals surface area contributed by atoms with Crippen molar-refractivity contribution in [1.82, 2.24) is 0 Å². The highest BCUT2D eigenvalue weighted by Gasteiger charge is 2.64. The number of ketones is 1. The lowest BCUT2D eigenvalue weighted by Gasteiger charge is -2.55. The highest BCUT2D eigenvalue weighted by molar-refractivity contribution is 7.86. The van der Waals surface area contributed by atoms with E-state index >= 15 is 0 Å². The summed E-state index contributed by atoms with van der Waals surface area (Å²) >= 11 is 0. The lowest BCUT2D eigenvalue weighted by atomic mass is 9.48. The third kappa shape index (κ3) is 3.45. The van der Waals surface area contributed by atoms with Gasteiger partial charge in [-0.2, -0.15) is 22.0 Å². The van der Waals surface area contributed by atoms with Gasteiger partial charge < -0.3 is 9.29 Å². The van der Waals surface area contributed by atoms with Crippen LogP contribution in [0.4, 0.5) is 22.0 Å². The van der Waals surface area contributed by atoms with E-state index in [2.05, 4.69) is 4.74 Å². The SMILES string of the molecule is O=C(OC(C(F)(F)F)C(F)(F)S(=O)(=O)[O-])C(=O)C12CC3CC(CC(C3)C1)C2. The molecule has 27 heavy (non-hydrogen) atoms. The molecule has 0 aromatic rings. The number of Topliss-reactive ketones (excluding diaryl/α,β-unsaturated/α-hetero) is 1. The van der Waals surface area contributed by atoms with Crippen LogP contribution in [-0.2, 0) is 24.4 Å². The summed E-state index contributed by atoms with van der Waals surface area (Å²) in [6.45, 7) is 0. The summed E-state index contributed by atoms with van der Waals surface area (Å²) in [6.07, 6.45) is -7.27. The van der Waals surface area contributed by atoms with Crippen LogP contribution in [0.25, 0.3) is 0 Å². The number of hydrogen-bond donors (Lipinski definition) is 0. The van der Waals surface area contributed by atoms with Crippen molar-refractivity contribution in [2.24, 2.45) is 23.2 Å². The van der Waals surface area contributed by atoms with Gasteiger partial charge in [0, 0.05) is 5.41 Å². The average molecular weight is 419 g/mol. The maximum atomic E-state index is 13.5. The Kier molecular flexibility index (Phi) is 4.61. The maximum absolute atomic E-state index is 13.5. The Labute approximate surface area is 151 Å². The molecule has 0 aromatic heterocycles. The van der Waals surface area contributed by atoms with Crippen LogP contribution in [0, 0.1) is 23.2 Å². The minimum atomic E-state index is -6.79. The second-order valence-corrected chi connectivity index (χ2v) is 9.32. The molecular weight excluding hydrogens is 403 g/mol. The van der Waals surface area contributed by atoms with Crippen LogP contribution in [0.15, 0.2) is 0 Å². The molecule has 1 unspecified atom stereocenters. The standard InChI is InChI=1S/C15H17F5O6S/c16-14(17,18)12(15(19,20)27(23,24)25)26-11(22)10(21)13-4-7-1-8(5-13)3-9(2-7)6-13/h7-9,12H,1-6H2,(H,23,24,25)/p-1. The highest BCUT2D eigenvalue weighted by Crippen LogP contribution is 2.60. The van der Waals surface area contributed by atoms with Gasteiger partial charge in [0.1, 0.15) is 0 Å². The van der Waals surface area contributed by atoms with Gasteiger partial charge in [0.25, 0.3) is 6.10 Å². The molecule has 6 nitrogen and oxygen atoms in total. The van der Waals surface area contributed by atoms with Crippen LogP contribution in [0.1, 0.15) is 38.5 Å². The second-order valence-electron chi connectivity index (χ2n) is 7.87. The quantitative estimate of drug-likeness (QED) is 0.294. The lowest BCUT2D eigenvalue weighted by Crippen LogP contribution is -2.56. The maximum Gasteiger partial charge on any atom is 0.432 e. The largest absolute Gasteiger partial charge is 0.743 e. The van der Waals surface area contributed by atoms with E-state index in [1.54, 1.807) is 0 Å². The molecule has 0 saturated heterocycles. The summed E-state index contributed by atoms with van der Waals surface area (Å²) in [4.78, 5) is 24.5. The number of esters is 1. The number of carbonyl (C=O) groups excluding carboxylic acids is 2. The third-order valence-corrected chi connectivity index (χ3v) is 6.75. The molecule has 154 valence electrons. The van der Waals surface area contributed by atoms with Crippen molar-refractivity contribution in [3.05, 3.63) is 0 Å². The highest BCUT2D eigenvalue weighted by atomic mass is 32.2. The van der Waals surface area contributed by atoms with E-state index in [1.165, 1.54) is 0 Å². The van der Waals surface area contributed by atoms with Gasteiger partial charge in [0.05, 0.1) is 0 Å². The smallest absolute Gasteiger partial charge is 0.432 e. The fourth-order valence-electron chi connectivity index (χ4n) is 5.22. The van der Waals surface area contributed by atoms with E-state index in [0.717, 1.165) is 19.3 Å². The van der Waals surface area contributed by atoms with Crippen molar-refractivity contribution in [2.75, 3.05) is 0 Å². The summed E-state index contributed by atoms with van der Waals surface area (Å²) in [5, 5.41) is -5.96. The van der Waals surface area contributed by atoms with Crippen molar-refractivity contribution in [3.63, 3.8) is 0 Å². The van der Waals surface area contributed by atoms with Gasteiger partial charge in [-0.25, -0.2) is 13.2 Å². The monoisotopic (exact) mass is 419 g/mol. The van der Waals surface area contributed by atoms with Gasteiger partial charge >= 0.3 is 17.4 Å². The molecule has 0 radical (unpaired) electrons. The Morgan fingerprint density at radius 2 is 1.37 bits per heavy atom. The molecule has 4 aliphatic rings. The zero-order valence-corrected chi connectivity index (χ0v) is 14.6. The summed E-state index contributed by atoms with van der Waals surface area (Å²) in [5.41, 5.74) is -1.26. The summed E-state index contributed by atoms with van der Waals surface area (Å²) in [7, 11) is -6.79. The molecule has 0 N–H and O–H groups in total. The van der Waals surface area contributed by atoms with Gasteiger partial charge in [0.15, 0.2) is 10.1 Å². The van der Waals surface area contributed by atoms with Crippen LogP contribution in [0.5, 0.6) is 0 Å². The van der Waals surface area contributed by atoms with E-state index in [4.69, 9.17) is 0 Å². The Hall–Kier alpha value is -1.30. The molecule has 4 rings (SSSR count). The molecule has 4 saturated carbocycles. The van der Waals surface area contributed by atoms with Crippen molar-refractivity contribution < 1.29 is 49.2 Å². The number of hydrogen-bond acceptors (Lipinski definition) is 6. The van der Waals surface area contributed by atoms with E-state index < -0.39 is 44.8 Å². The third-order valence-electron chi connectivity index (χ3n) is 5.87. The summed E-state index contributed by atoms with van der Waals surface area (Å²) < 4.78 is 101. The van der Waals surface area contributed by atoms with Crippen molar-refractivity contribution in [2.45, 2.75) is 56.1 Å². The van der Waals surface area contributed by atoms with Gasteiger partial charge in [-0.05, 0) is 56.3 Å². The van der Waals surface area contributed by atoms with Crippen LogP contribution < -0.4 is 0 Å². The molecular formula is C15H16F5O6S-. The molecule has 0 aliphatic heterocycles. The van der Waals surface area contributed by atoms with Gasteiger partial charge in [-0.1, -0.05) is 0 Å². The molecule has 4 bridgehead atoms. The Morgan fingerprint density at radius 3 is 1.70 bits per heavy atom. The minimum absolute atomic E-state index is 0.134. The minimum Gasteiger partial charge on any atom is -0.743 e. The predicted octanol–water partition coefficient (Wildman–Crippen LogP) is 2.38. The van der Waals surface area contributed by atoms with Crippen LogP contribution in [0.2, 0.25) is 0 Å². The van der Waals surface area contributed by atoms with Gasteiger partial charge in [0.2, 0.25) is 5.78 Å². The number of ether oxygens (including phenoxy) is 1. The first-order chi connectivity index (χ1) is 12.2. The Bertz CT molecular complexity index is 724. The molecule has 4 aliphatic carbocycles. The van der Waals surface area contributed by atoms with Gasteiger partial charge in [-0.15, -0.1) is 0 Å². The second kappa shape index (κ2) is 6.10. The summed E-state index contributed by atoms with van der Waals surface area (Å²) in [5.74, 6) is -3.13. The molecule has 12 heteroatoms. The van der Waals surface area contributed by atoms with E-state index in [-0.39, 0.29) is 37.0 Å². The Morgan fingerprint density at radius 1 is 0.963 bits per heavy atom. The molecule has 0 amide bonds. The topological polar surface area (TPSA) is 101 Å². The predicted molar refractivity (Wildman–Crippen MR) is 76.2 cm³/mol. The fraction of sp³-hybridized carbons (Fsp3) is 0.867. The van der Waals surface area contributed by atoms with Gasteiger partial charge in [-0.3, -0.25) is 4.79 Å². The zero-order valence-electron chi connectivity index (χ0n) is 13.8.